The first-order chi connectivity index (χ1) is 12.4. The van der Waals surface area contributed by atoms with Gasteiger partial charge in [-0.1, -0.05) is 24.3 Å². The lowest BCUT2D eigenvalue weighted by Crippen LogP contribution is -2.47. The molecular weight excluding hydrogens is 330 g/mol. The molecule has 136 valence electrons. The van der Waals surface area contributed by atoms with E-state index in [1.807, 2.05) is 62.4 Å². The van der Waals surface area contributed by atoms with E-state index in [1.165, 1.54) is 4.90 Å². The largest absolute Gasteiger partial charge is 0.497 e. The molecule has 2 aromatic carbocycles. The van der Waals surface area contributed by atoms with E-state index in [1.54, 1.807) is 14.2 Å². The molecule has 1 aliphatic rings. The molecule has 0 bridgehead atoms. The zero-order valence-corrected chi connectivity index (χ0v) is 15.4. The predicted molar refractivity (Wildman–Crippen MR) is 100 cm³/mol. The molecule has 26 heavy (non-hydrogen) atoms. The van der Waals surface area contributed by atoms with Crippen molar-refractivity contribution in [3.8, 4) is 11.5 Å². The van der Waals surface area contributed by atoms with Gasteiger partial charge in [-0.05, 0) is 49.2 Å². The first kappa shape index (κ1) is 17.8. The summed E-state index contributed by atoms with van der Waals surface area (Å²) < 4.78 is 10.5. The van der Waals surface area contributed by atoms with Gasteiger partial charge in [0.1, 0.15) is 11.5 Å². The minimum Gasteiger partial charge on any atom is -0.497 e. The Bertz CT molecular complexity index is 779. The number of rotatable bonds is 5. The minimum absolute atomic E-state index is 0.0929. The van der Waals surface area contributed by atoms with Crippen LogP contribution in [0.1, 0.15) is 25.0 Å². The molecule has 0 saturated heterocycles. The minimum atomic E-state index is -1.22. The van der Waals surface area contributed by atoms with Crippen LogP contribution in [0.5, 0.6) is 11.5 Å². The Kier molecular flexibility index (Phi) is 4.59. The third-order valence-corrected chi connectivity index (χ3v) is 4.59. The van der Waals surface area contributed by atoms with Gasteiger partial charge in [0.15, 0.2) is 11.5 Å². The average molecular weight is 353 g/mol. The van der Waals surface area contributed by atoms with Gasteiger partial charge in [0.2, 0.25) is 0 Å². The van der Waals surface area contributed by atoms with Gasteiger partial charge in [0, 0.05) is 6.04 Å². The molecule has 0 fully saturated rings. The van der Waals surface area contributed by atoms with E-state index in [0.717, 1.165) is 11.1 Å². The molecule has 0 unspecified atom stereocenters. The molecule has 6 heteroatoms. The molecule has 0 aliphatic carbocycles. The maximum atomic E-state index is 13.5. The molecule has 0 saturated carbocycles. The Morgan fingerprint density at radius 1 is 0.923 bits per heavy atom. The zero-order chi connectivity index (χ0) is 18.9. The Labute approximate surface area is 153 Å². The van der Waals surface area contributed by atoms with Crippen molar-refractivity contribution in [1.82, 2.24) is 4.90 Å². The number of carbonyl (C=O) groups is 1. The van der Waals surface area contributed by atoms with E-state index in [4.69, 9.17) is 15.2 Å². The smallest absolute Gasteiger partial charge is 0.266 e. The maximum Gasteiger partial charge on any atom is 0.266 e. The third kappa shape index (κ3) is 2.67. The topological polar surface area (TPSA) is 77.2 Å². The van der Waals surface area contributed by atoms with Crippen LogP contribution in [-0.2, 0) is 10.3 Å². The highest BCUT2D eigenvalue weighted by molar-refractivity contribution is 6.09. The Hall–Kier alpha value is -3.02. The van der Waals surface area contributed by atoms with Crippen molar-refractivity contribution in [1.29, 1.82) is 0 Å². The van der Waals surface area contributed by atoms with Crippen LogP contribution in [0.3, 0.4) is 0 Å². The molecule has 0 spiro atoms. The molecule has 3 rings (SSSR count). The zero-order valence-electron chi connectivity index (χ0n) is 15.4. The van der Waals surface area contributed by atoms with E-state index >= 15 is 0 Å². The number of nitrogens with zero attached hydrogens (tertiary/aromatic N) is 2. The van der Waals surface area contributed by atoms with Crippen molar-refractivity contribution in [2.45, 2.75) is 25.4 Å². The molecular formula is C20H23N3O3. The number of amides is 1. The number of carbonyl (C=O) groups excluding carboxylic acids is 1. The summed E-state index contributed by atoms with van der Waals surface area (Å²) in [6.07, 6.45) is 0. The average Bonchev–Trinajstić information content (AvgIpc) is 2.93. The molecule has 2 aromatic rings. The summed E-state index contributed by atoms with van der Waals surface area (Å²) in [6, 6.07) is 14.6. The van der Waals surface area contributed by atoms with Crippen LogP contribution in [0.2, 0.25) is 0 Å². The summed E-state index contributed by atoms with van der Waals surface area (Å²) in [5.41, 5.74) is 6.39. The van der Waals surface area contributed by atoms with Gasteiger partial charge in [0.05, 0.1) is 14.2 Å². The second kappa shape index (κ2) is 6.71. The molecule has 0 radical (unpaired) electrons. The Morgan fingerprint density at radius 2 is 1.35 bits per heavy atom. The first-order valence-corrected chi connectivity index (χ1v) is 8.42. The van der Waals surface area contributed by atoms with Crippen molar-refractivity contribution in [2.24, 2.45) is 10.7 Å². The molecule has 1 amide bonds. The van der Waals surface area contributed by atoms with Crippen molar-refractivity contribution in [3.63, 3.8) is 0 Å². The van der Waals surface area contributed by atoms with Gasteiger partial charge in [-0.15, -0.1) is 0 Å². The molecule has 1 heterocycles. The monoisotopic (exact) mass is 353 g/mol. The number of benzene rings is 2. The number of aliphatic imine (C=N–C) groups is 1. The fourth-order valence-electron chi connectivity index (χ4n) is 3.26. The van der Waals surface area contributed by atoms with Crippen LogP contribution in [0.4, 0.5) is 0 Å². The lowest BCUT2D eigenvalue weighted by molar-refractivity contribution is -0.131. The molecule has 2 N–H and O–H groups in total. The molecule has 0 atom stereocenters. The normalized spacial score (nSPS) is 16.0. The highest BCUT2D eigenvalue weighted by Gasteiger charge is 2.51. The van der Waals surface area contributed by atoms with Crippen LogP contribution in [-0.4, -0.2) is 37.0 Å². The fourth-order valence-corrected chi connectivity index (χ4v) is 3.26. The van der Waals surface area contributed by atoms with Crippen LogP contribution in [0, 0.1) is 0 Å². The van der Waals surface area contributed by atoms with E-state index < -0.39 is 5.54 Å². The second-order valence-corrected chi connectivity index (χ2v) is 6.41. The van der Waals surface area contributed by atoms with Gasteiger partial charge in [-0.2, -0.15) is 0 Å². The van der Waals surface area contributed by atoms with E-state index in [2.05, 4.69) is 4.99 Å². The number of ether oxygens (including phenoxy) is 2. The summed E-state index contributed by atoms with van der Waals surface area (Å²) in [5.74, 6) is 1.47. The van der Waals surface area contributed by atoms with E-state index in [-0.39, 0.29) is 17.9 Å². The number of hydrogen-bond acceptors (Lipinski definition) is 5. The van der Waals surface area contributed by atoms with Gasteiger partial charge >= 0.3 is 0 Å². The third-order valence-electron chi connectivity index (χ3n) is 4.59. The van der Waals surface area contributed by atoms with Gasteiger partial charge < -0.3 is 15.2 Å². The standard InChI is InChI=1S/C20H23N3O3/c1-13(2)23-18(24)20(22-19(23)21,14-5-9-16(25-3)10-6-14)15-7-11-17(26-4)12-8-15/h5-13H,1-4H3,(H2,21,22). The van der Waals surface area contributed by atoms with Crippen LogP contribution < -0.4 is 15.2 Å². The Morgan fingerprint density at radius 3 is 1.65 bits per heavy atom. The SMILES string of the molecule is COc1ccc(C2(c3ccc(OC)cc3)N=C(N)N(C(C)C)C2=O)cc1. The number of nitrogens with two attached hydrogens (primary N) is 1. The summed E-state index contributed by atoms with van der Waals surface area (Å²) in [7, 11) is 3.21. The van der Waals surface area contributed by atoms with E-state index in [0.29, 0.717) is 11.5 Å². The summed E-state index contributed by atoms with van der Waals surface area (Å²) in [6.45, 7) is 3.83. The fraction of sp³-hybridized carbons (Fsp3) is 0.300. The first-order valence-electron chi connectivity index (χ1n) is 8.42. The Balaban J connectivity index is 2.20. The summed E-state index contributed by atoms with van der Waals surface area (Å²) in [5, 5.41) is 0. The maximum absolute atomic E-state index is 13.5. The molecule has 6 nitrogen and oxygen atoms in total. The van der Waals surface area contributed by atoms with Crippen LogP contribution in [0.15, 0.2) is 53.5 Å². The number of guanidine groups is 1. The highest BCUT2D eigenvalue weighted by atomic mass is 16.5. The summed E-state index contributed by atoms with van der Waals surface area (Å²) >= 11 is 0. The van der Waals surface area contributed by atoms with Crippen molar-refractivity contribution < 1.29 is 14.3 Å². The van der Waals surface area contributed by atoms with Gasteiger partial charge in [-0.25, -0.2) is 4.99 Å². The quantitative estimate of drug-likeness (QED) is 0.896. The lowest BCUT2D eigenvalue weighted by Gasteiger charge is -2.29. The highest BCUT2D eigenvalue weighted by Crippen LogP contribution is 2.41. The molecule has 1 aliphatic heterocycles. The van der Waals surface area contributed by atoms with Gasteiger partial charge in [-0.3, -0.25) is 9.69 Å². The van der Waals surface area contributed by atoms with Crippen LogP contribution >= 0.6 is 0 Å². The second-order valence-electron chi connectivity index (χ2n) is 6.41. The number of methoxy groups -OCH3 is 2. The van der Waals surface area contributed by atoms with Gasteiger partial charge in [0.25, 0.3) is 5.91 Å². The van der Waals surface area contributed by atoms with Crippen molar-refractivity contribution in [2.75, 3.05) is 14.2 Å². The summed E-state index contributed by atoms with van der Waals surface area (Å²) in [4.78, 5) is 19.6. The lowest BCUT2D eigenvalue weighted by atomic mass is 9.82. The molecule has 0 aromatic heterocycles. The van der Waals surface area contributed by atoms with Crippen molar-refractivity contribution >= 4 is 11.9 Å². The van der Waals surface area contributed by atoms with Crippen molar-refractivity contribution in [3.05, 3.63) is 59.7 Å². The van der Waals surface area contributed by atoms with E-state index in [9.17, 15) is 4.79 Å². The predicted octanol–water partition coefficient (Wildman–Crippen LogP) is 2.51. The van der Waals surface area contributed by atoms with Crippen LogP contribution in [0.25, 0.3) is 0 Å². The number of hydrogen-bond donors (Lipinski definition) is 1.